The van der Waals surface area contributed by atoms with Gasteiger partial charge >= 0.3 is 0 Å². The Morgan fingerprint density at radius 3 is 2.23 bits per heavy atom. The molecule has 0 spiro atoms. The molecule has 2 rings (SSSR count). The van der Waals surface area contributed by atoms with Crippen LogP contribution in [0.15, 0.2) is 52.4 Å². The highest BCUT2D eigenvalue weighted by Crippen LogP contribution is 2.24. The third-order valence-corrected chi connectivity index (χ3v) is 4.19. The summed E-state index contributed by atoms with van der Waals surface area (Å²) in [6, 6.07) is 11.8. The Bertz CT molecular complexity index is 780. The fourth-order valence-corrected chi connectivity index (χ4v) is 2.48. The molecule has 2 aromatic carbocycles. The van der Waals surface area contributed by atoms with Crippen LogP contribution in [-0.2, 0) is 9.84 Å². The predicted molar refractivity (Wildman–Crippen MR) is 86.4 cm³/mol. The molecule has 0 radical (unpaired) electrons. The summed E-state index contributed by atoms with van der Waals surface area (Å²) >= 11 is 0. The molecule has 116 valence electrons. The molecule has 5 nitrogen and oxygen atoms in total. The summed E-state index contributed by atoms with van der Waals surface area (Å²) in [5.41, 5.74) is 1.46. The molecule has 0 saturated carbocycles. The van der Waals surface area contributed by atoms with E-state index in [1.807, 2.05) is 12.1 Å². The predicted octanol–water partition coefficient (Wildman–Crippen LogP) is 2.86. The van der Waals surface area contributed by atoms with Gasteiger partial charge in [0.05, 0.1) is 24.8 Å². The van der Waals surface area contributed by atoms with Gasteiger partial charge in [0.25, 0.3) is 0 Å². The molecule has 0 fully saturated rings. The van der Waals surface area contributed by atoms with E-state index in [0.29, 0.717) is 17.2 Å². The minimum Gasteiger partial charge on any atom is -0.497 e. The lowest BCUT2D eigenvalue weighted by molar-refractivity contribution is 0.394. The number of sulfone groups is 1. The Morgan fingerprint density at radius 1 is 1.00 bits per heavy atom. The second kappa shape index (κ2) is 6.62. The fourth-order valence-electron chi connectivity index (χ4n) is 1.85. The average Bonchev–Trinajstić information content (AvgIpc) is 2.52. The number of hydrogen-bond acceptors (Lipinski definition) is 5. The summed E-state index contributed by atoms with van der Waals surface area (Å²) < 4.78 is 33.2. The van der Waals surface area contributed by atoms with Crippen molar-refractivity contribution < 1.29 is 17.9 Å². The maximum absolute atomic E-state index is 11.4. The quantitative estimate of drug-likeness (QED) is 0.795. The normalized spacial score (nSPS) is 11.6. The lowest BCUT2D eigenvalue weighted by Gasteiger charge is -2.06. The molecule has 0 aliphatic heterocycles. The van der Waals surface area contributed by atoms with Crippen molar-refractivity contribution in [2.45, 2.75) is 4.90 Å². The van der Waals surface area contributed by atoms with Crippen LogP contribution in [0.1, 0.15) is 5.56 Å². The monoisotopic (exact) mass is 319 g/mol. The van der Waals surface area contributed by atoms with Gasteiger partial charge in [-0.1, -0.05) is 0 Å². The summed E-state index contributed by atoms with van der Waals surface area (Å²) in [4.78, 5) is 4.59. The molecule has 0 amide bonds. The molecule has 0 aliphatic rings. The van der Waals surface area contributed by atoms with Crippen molar-refractivity contribution in [1.29, 1.82) is 0 Å². The van der Waals surface area contributed by atoms with Crippen LogP contribution in [0.4, 0.5) is 5.69 Å². The molecular weight excluding hydrogens is 302 g/mol. The largest absolute Gasteiger partial charge is 0.497 e. The summed E-state index contributed by atoms with van der Waals surface area (Å²) in [7, 11) is -0.0253. The van der Waals surface area contributed by atoms with E-state index in [9.17, 15) is 8.42 Å². The van der Waals surface area contributed by atoms with Gasteiger partial charge in [0.15, 0.2) is 9.84 Å². The molecule has 0 bridgehead atoms. The standard InChI is InChI=1S/C16H17NO4S/c1-20-14-7-4-12(16(10-14)21-2)11-17-13-5-8-15(9-6-13)22(3,18)19/h4-11H,1-3H3. The Morgan fingerprint density at radius 2 is 1.68 bits per heavy atom. The third-order valence-electron chi connectivity index (χ3n) is 3.06. The fraction of sp³-hybridized carbons (Fsp3) is 0.188. The number of aliphatic imine (C=N–C) groups is 1. The molecular formula is C16H17NO4S. The molecule has 0 aliphatic carbocycles. The van der Waals surface area contributed by atoms with Crippen molar-refractivity contribution in [1.82, 2.24) is 0 Å². The summed E-state index contributed by atoms with van der Waals surface area (Å²) in [5, 5.41) is 0. The first-order valence-corrected chi connectivity index (χ1v) is 8.39. The van der Waals surface area contributed by atoms with Crippen LogP contribution in [0, 0.1) is 0 Å². The van der Waals surface area contributed by atoms with Gasteiger partial charge in [-0.05, 0) is 36.4 Å². The highest BCUT2D eigenvalue weighted by molar-refractivity contribution is 7.90. The highest BCUT2D eigenvalue weighted by Gasteiger charge is 2.06. The summed E-state index contributed by atoms with van der Waals surface area (Å²) in [6.45, 7) is 0. The maximum Gasteiger partial charge on any atom is 0.175 e. The molecule has 0 unspecified atom stereocenters. The van der Waals surface area contributed by atoms with Gasteiger partial charge in [-0.15, -0.1) is 0 Å². The van der Waals surface area contributed by atoms with E-state index in [1.54, 1.807) is 38.6 Å². The van der Waals surface area contributed by atoms with Crippen molar-refractivity contribution in [3.63, 3.8) is 0 Å². The number of nitrogens with zero attached hydrogens (tertiary/aromatic N) is 1. The van der Waals surface area contributed by atoms with Crippen LogP contribution >= 0.6 is 0 Å². The lowest BCUT2D eigenvalue weighted by Crippen LogP contribution is -1.95. The molecule has 22 heavy (non-hydrogen) atoms. The molecule has 6 heteroatoms. The molecule has 0 N–H and O–H groups in total. The Kier molecular flexibility index (Phi) is 4.82. The van der Waals surface area contributed by atoms with Crippen LogP contribution in [0.5, 0.6) is 11.5 Å². The van der Waals surface area contributed by atoms with Crippen molar-refractivity contribution in [3.8, 4) is 11.5 Å². The van der Waals surface area contributed by atoms with Crippen molar-refractivity contribution >= 4 is 21.7 Å². The first-order valence-electron chi connectivity index (χ1n) is 6.50. The van der Waals surface area contributed by atoms with Crippen molar-refractivity contribution in [2.24, 2.45) is 4.99 Å². The number of hydrogen-bond donors (Lipinski definition) is 0. The van der Waals surface area contributed by atoms with Gasteiger partial charge in [0, 0.05) is 24.1 Å². The summed E-state index contributed by atoms with van der Waals surface area (Å²) in [5.74, 6) is 1.35. The van der Waals surface area contributed by atoms with E-state index in [1.165, 1.54) is 18.4 Å². The zero-order valence-electron chi connectivity index (χ0n) is 12.6. The molecule has 2 aromatic rings. The van der Waals surface area contributed by atoms with Gasteiger partial charge in [-0.2, -0.15) is 0 Å². The zero-order chi connectivity index (χ0) is 16.2. The third kappa shape index (κ3) is 3.85. The molecule has 0 aromatic heterocycles. The van der Waals surface area contributed by atoms with E-state index in [-0.39, 0.29) is 4.90 Å². The van der Waals surface area contributed by atoms with E-state index < -0.39 is 9.84 Å². The number of ether oxygens (including phenoxy) is 2. The molecule has 0 saturated heterocycles. The van der Waals surface area contributed by atoms with Gasteiger partial charge in [-0.25, -0.2) is 8.42 Å². The first-order chi connectivity index (χ1) is 10.4. The topological polar surface area (TPSA) is 65.0 Å². The number of methoxy groups -OCH3 is 2. The Balaban J connectivity index is 2.25. The smallest absolute Gasteiger partial charge is 0.175 e. The van der Waals surface area contributed by atoms with Crippen molar-refractivity contribution in [2.75, 3.05) is 20.5 Å². The second-order valence-corrected chi connectivity index (χ2v) is 6.65. The zero-order valence-corrected chi connectivity index (χ0v) is 13.4. The van der Waals surface area contributed by atoms with Gasteiger partial charge < -0.3 is 9.47 Å². The summed E-state index contributed by atoms with van der Waals surface area (Å²) in [6.07, 6.45) is 2.83. The van der Waals surface area contributed by atoms with Gasteiger partial charge in [0.2, 0.25) is 0 Å². The highest BCUT2D eigenvalue weighted by atomic mass is 32.2. The van der Waals surface area contributed by atoms with Gasteiger partial charge in [-0.3, -0.25) is 4.99 Å². The van der Waals surface area contributed by atoms with E-state index in [4.69, 9.17) is 9.47 Å². The Labute approximate surface area is 130 Å². The second-order valence-electron chi connectivity index (χ2n) is 4.63. The van der Waals surface area contributed by atoms with E-state index in [0.717, 1.165) is 5.56 Å². The molecule has 0 atom stereocenters. The minimum atomic E-state index is -3.19. The van der Waals surface area contributed by atoms with Crippen LogP contribution in [0.3, 0.4) is 0 Å². The molecule has 0 heterocycles. The van der Waals surface area contributed by atoms with E-state index in [2.05, 4.69) is 4.99 Å². The van der Waals surface area contributed by atoms with E-state index >= 15 is 0 Å². The maximum atomic E-state index is 11.4. The number of benzene rings is 2. The van der Waals surface area contributed by atoms with Crippen LogP contribution < -0.4 is 9.47 Å². The first kappa shape index (κ1) is 16.0. The number of rotatable bonds is 5. The van der Waals surface area contributed by atoms with Gasteiger partial charge in [0.1, 0.15) is 11.5 Å². The average molecular weight is 319 g/mol. The Hall–Kier alpha value is -2.34. The minimum absolute atomic E-state index is 0.272. The van der Waals surface area contributed by atoms with Crippen molar-refractivity contribution in [3.05, 3.63) is 48.0 Å². The van der Waals surface area contributed by atoms with Crippen LogP contribution in [-0.4, -0.2) is 35.1 Å². The van der Waals surface area contributed by atoms with Crippen LogP contribution in [0.25, 0.3) is 0 Å². The SMILES string of the molecule is COc1ccc(C=Nc2ccc(S(C)(=O)=O)cc2)c(OC)c1. The van der Waals surface area contributed by atoms with Crippen LogP contribution in [0.2, 0.25) is 0 Å². The lowest BCUT2D eigenvalue weighted by atomic mass is 10.2.